The summed E-state index contributed by atoms with van der Waals surface area (Å²) in [6.07, 6.45) is 5.78. The number of nitrogens with zero attached hydrogens (tertiary/aromatic N) is 3. The fraction of sp³-hybridized carbons (Fsp3) is 0.529. The molecule has 1 saturated carbocycles. The molecule has 0 saturated heterocycles. The molecule has 23 heavy (non-hydrogen) atoms. The van der Waals surface area contributed by atoms with Crippen LogP contribution in [0.15, 0.2) is 36.9 Å². The van der Waals surface area contributed by atoms with Crippen molar-refractivity contribution < 1.29 is 5.11 Å². The number of benzene rings is 1. The Balaban J connectivity index is 1.87. The number of hydrogen-bond acceptors (Lipinski definition) is 3. The number of aromatic nitrogens is 3. The van der Waals surface area contributed by atoms with E-state index in [-0.39, 0.29) is 11.3 Å². The molecule has 124 valence electrons. The summed E-state index contributed by atoms with van der Waals surface area (Å²) >= 11 is 12.2. The van der Waals surface area contributed by atoms with Crippen LogP contribution in [-0.2, 0) is 13.0 Å². The molecule has 3 atom stereocenters. The molecule has 2 aromatic rings. The first-order valence-corrected chi connectivity index (χ1v) is 8.73. The summed E-state index contributed by atoms with van der Waals surface area (Å²) in [5, 5.41) is 16.4. The van der Waals surface area contributed by atoms with Gasteiger partial charge in [0.1, 0.15) is 12.7 Å². The molecule has 1 aliphatic rings. The maximum Gasteiger partial charge on any atom is 0.137 e. The number of hydrogen-bond donors (Lipinski definition) is 1. The molecule has 0 spiro atoms. The van der Waals surface area contributed by atoms with Crippen molar-refractivity contribution in [2.45, 2.75) is 38.3 Å². The molecule has 1 aliphatic carbocycles. The van der Waals surface area contributed by atoms with Crippen molar-refractivity contribution in [2.75, 3.05) is 5.88 Å². The number of rotatable bonds is 5. The van der Waals surface area contributed by atoms with E-state index >= 15 is 0 Å². The van der Waals surface area contributed by atoms with E-state index in [9.17, 15) is 5.11 Å². The van der Waals surface area contributed by atoms with Gasteiger partial charge in [0.25, 0.3) is 0 Å². The summed E-state index contributed by atoms with van der Waals surface area (Å²) in [7, 11) is 0. The minimum Gasteiger partial charge on any atom is -0.387 e. The van der Waals surface area contributed by atoms with E-state index < -0.39 is 5.60 Å². The highest BCUT2D eigenvalue weighted by molar-refractivity contribution is 6.30. The van der Waals surface area contributed by atoms with Gasteiger partial charge in [-0.15, -0.1) is 11.6 Å². The van der Waals surface area contributed by atoms with E-state index in [1.165, 1.54) is 11.9 Å². The summed E-state index contributed by atoms with van der Waals surface area (Å²) in [5.41, 5.74) is -0.0742. The number of alkyl halides is 1. The van der Waals surface area contributed by atoms with Gasteiger partial charge in [-0.1, -0.05) is 30.7 Å². The third-order valence-corrected chi connectivity index (χ3v) is 6.17. The summed E-state index contributed by atoms with van der Waals surface area (Å²) in [6.45, 7) is 2.48. The van der Waals surface area contributed by atoms with Crippen molar-refractivity contribution >= 4 is 23.2 Å². The highest BCUT2D eigenvalue weighted by Gasteiger charge is 2.56. The van der Waals surface area contributed by atoms with E-state index in [1.807, 2.05) is 24.3 Å². The van der Waals surface area contributed by atoms with Crippen molar-refractivity contribution in [2.24, 2.45) is 11.3 Å². The zero-order chi connectivity index (χ0) is 16.5. The van der Waals surface area contributed by atoms with Crippen LogP contribution in [0, 0.1) is 11.3 Å². The Morgan fingerprint density at radius 2 is 2.09 bits per heavy atom. The van der Waals surface area contributed by atoms with Gasteiger partial charge in [-0.25, -0.2) is 4.98 Å². The van der Waals surface area contributed by atoms with E-state index in [1.54, 1.807) is 11.0 Å². The van der Waals surface area contributed by atoms with Crippen LogP contribution < -0.4 is 0 Å². The van der Waals surface area contributed by atoms with Gasteiger partial charge in [0.05, 0.1) is 12.1 Å². The van der Waals surface area contributed by atoms with Crippen LogP contribution in [0.25, 0.3) is 0 Å². The SMILES string of the molecule is C[C@]1(CCl)CC[C@H](Cc2ccc(Cl)cc2)[C@]1(O)Cn1cncn1. The van der Waals surface area contributed by atoms with Crippen LogP contribution in [0.1, 0.15) is 25.3 Å². The van der Waals surface area contributed by atoms with Crippen molar-refractivity contribution in [3.63, 3.8) is 0 Å². The van der Waals surface area contributed by atoms with Crippen LogP contribution in [0.5, 0.6) is 0 Å². The van der Waals surface area contributed by atoms with Crippen LogP contribution in [0.2, 0.25) is 5.02 Å². The van der Waals surface area contributed by atoms with Crippen LogP contribution >= 0.6 is 23.2 Å². The van der Waals surface area contributed by atoms with Crippen molar-refractivity contribution in [3.05, 3.63) is 47.5 Å². The second kappa shape index (κ2) is 6.42. The minimum atomic E-state index is -0.915. The fourth-order valence-corrected chi connectivity index (χ4v) is 4.17. The van der Waals surface area contributed by atoms with Gasteiger partial charge in [-0.05, 0) is 42.9 Å². The molecule has 0 aliphatic heterocycles. The molecule has 1 fully saturated rings. The van der Waals surface area contributed by atoms with Gasteiger partial charge in [0.2, 0.25) is 0 Å². The first-order valence-electron chi connectivity index (χ1n) is 7.82. The van der Waals surface area contributed by atoms with Crippen LogP contribution in [0.4, 0.5) is 0 Å². The summed E-state index contributed by atoms with van der Waals surface area (Å²) in [5.74, 6) is 0.548. The molecule has 4 nitrogen and oxygen atoms in total. The molecular formula is C17H21Cl2N3O. The van der Waals surface area contributed by atoms with E-state index in [2.05, 4.69) is 17.0 Å². The topological polar surface area (TPSA) is 50.9 Å². The maximum atomic E-state index is 11.6. The standard InChI is InChI=1S/C17H21Cl2N3O/c1-16(9-18)7-6-14(8-13-2-4-15(19)5-3-13)17(16,23)10-22-12-20-11-21-22/h2-5,11-12,14,23H,6-10H2,1H3/t14-,16-,17-/m1/s1. The predicted molar refractivity (Wildman–Crippen MR) is 91.7 cm³/mol. The molecule has 1 heterocycles. The van der Waals surface area contributed by atoms with Gasteiger partial charge < -0.3 is 5.11 Å². The number of aliphatic hydroxyl groups is 1. The normalized spacial score (nSPS) is 30.7. The molecule has 0 unspecified atom stereocenters. The van der Waals surface area contributed by atoms with Gasteiger partial charge in [0, 0.05) is 16.3 Å². The summed E-state index contributed by atoms with van der Waals surface area (Å²) in [6, 6.07) is 7.83. The zero-order valence-corrected chi connectivity index (χ0v) is 14.6. The Bertz CT molecular complexity index is 646. The van der Waals surface area contributed by atoms with Gasteiger partial charge >= 0.3 is 0 Å². The quantitative estimate of drug-likeness (QED) is 0.836. The Morgan fingerprint density at radius 1 is 1.35 bits per heavy atom. The smallest absolute Gasteiger partial charge is 0.137 e. The van der Waals surface area contributed by atoms with E-state index in [4.69, 9.17) is 23.2 Å². The third kappa shape index (κ3) is 3.12. The highest BCUT2D eigenvalue weighted by atomic mass is 35.5. The maximum absolute atomic E-state index is 11.6. The lowest BCUT2D eigenvalue weighted by Gasteiger charge is -2.42. The lowest BCUT2D eigenvalue weighted by Crippen LogP contribution is -2.51. The second-order valence-corrected chi connectivity index (χ2v) is 7.48. The van der Waals surface area contributed by atoms with E-state index in [0.717, 1.165) is 24.3 Å². The lowest BCUT2D eigenvalue weighted by molar-refractivity contribution is -0.0891. The van der Waals surface area contributed by atoms with Crippen molar-refractivity contribution in [1.82, 2.24) is 14.8 Å². The van der Waals surface area contributed by atoms with Crippen molar-refractivity contribution in [3.8, 4) is 0 Å². The Labute approximate surface area is 146 Å². The van der Waals surface area contributed by atoms with E-state index in [0.29, 0.717) is 12.4 Å². The average Bonchev–Trinajstić information content (AvgIpc) is 3.12. The predicted octanol–water partition coefficient (Wildman–Crippen LogP) is 3.56. The molecular weight excluding hydrogens is 333 g/mol. The first-order chi connectivity index (χ1) is 11.0. The highest BCUT2D eigenvalue weighted by Crippen LogP contribution is 2.52. The monoisotopic (exact) mass is 353 g/mol. The number of halogens is 2. The molecule has 3 rings (SSSR count). The molecule has 6 heteroatoms. The molecule has 0 radical (unpaired) electrons. The Morgan fingerprint density at radius 3 is 2.70 bits per heavy atom. The molecule has 0 amide bonds. The second-order valence-electron chi connectivity index (χ2n) is 6.78. The molecule has 0 bridgehead atoms. The third-order valence-electron chi connectivity index (χ3n) is 5.33. The Kier molecular flexibility index (Phi) is 4.68. The largest absolute Gasteiger partial charge is 0.387 e. The zero-order valence-electron chi connectivity index (χ0n) is 13.1. The first kappa shape index (κ1) is 16.7. The lowest BCUT2D eigenvalue weighted by atomic mass is 9.72. The van der Waals surface area contributed by atoms with Gasteiger partial charge in [0.15, 0.2) is 0 Å². The fourth-order valence-electron chi connectivity index (χ4n) is 3.68. The minimum absolute atomic E-state index is 0.122. The Hall–Kier alpha value is -1.10. The van der Waals surface area contributed by atoms with Gasteiger partial charge in [-0.3, -0.25) is 4.68 Å². The summed E-state index contributed by atoms with van der Waals surface area (Å²) in [4.78, 5) is 3.98. The molecule has 1 N–H and O–H groups in total. The summed E-state index contributed by atoms with van der Waals surface area (Å²) < 4.78 is 1.70. The average molecular weight is 354 g/mol. The van der Waals surface area contributed by atoms with Crippen LogP contribution in [-0.4, -0.2) is 31.4 Å². The van der Waals surface area contributed by atoms with Gasteiger partial charge in [-0.2, -0.15) is 5.10 Å². The van der Waals surface area contributed by atoms with Crippen LogP contribution in [0.3, 0.4) is 0 Å². The molecule has 1 aromatic heterocycles. The molecule has 1 aromatic carbocycles. The van der Waals surface area contributed by atoms with Crippen molar-refractivity contribution in [1.29, 1.82) is 0 Å².